The van der Waals surface area contributed by atoms with E-state index < -0.39 is 0 Å². The minimum absolute atomic E-state index is 0.280. The smallest absolute Gasteiger partial charge is 0.164 e. The van der Waals surface area contributed by atoms with Crippen molar-refractivity contribution in [2.24, 2.45) is 0 Å². The Bertz CT molecular complexity index is 571. The quantitative estimate of drug-likeness (QED) is 0.861. The van der Waals surface area contributed by atoms with Gasteiger partial charge >= 0.3 is 0 Å². The minimum Gasteiger partial charge on any atom is -0.483 e. The van der Waals surface area contributed by atoms with Crippen molar-refractivity contribution >= 4 is 28.9 Å². The number of ether oxygens (including phenoxy) is 1. The van der Waals surface area contributed by atoms with Crippen LogP contribution in [0.2, 0.25) is 10.0 Å². The standard InChI is InChI=1S/C12H14Cl2N4O/c1-2-3-18-12(16-7-17-18)6-19-11-5-9(14)8(13)4-10(11)15/h4-5,7H,2-3,6,15H2,1H3. The predicted octanol–water partition coefficient (Wildman–Crippen LogP) is 3.16. The van der Waals surface area contributed by atoms with Crippen LogP contribution in [0.1, 0.15) is 19.2 Å². The van der Waals surface area contributed by atoms with Crippen LogP contribution in [0.5, 0.6) is 5.75 Å². The summed E-state index contributed by atoms with van der Waals surface area (Å²) in [4.78, 5) is 4.15. The van der Waals surface area contributed by atoms with Gasteiger partial charge < -0.3 is 10.5 Å². The van der Waals surface area contributed by atoms with E-state index in [1.165, 1.54) is 6.33 Å². The van der Waals surface area contributed by atoms with Crippen LogP contribution in [0.3, 0.4) is 0 Å². The number of rotatable bonds is 5. The highest BCUT2D eigenvalue weighted by atomic mass is 35.5. The fraction of sp³-hybridized carbons (Fsp3) is 0.333. The molecule has 0 spiro atoms. The van der Waals surface area contributed by atoms with E-state index in [4.69, 9.17) is 33.7 Å². The van der Waals surface area contributed by atoms with E-state index in [0.29, 0.717) is 21.5 Å². The fourth-order valence-electron chi connectivity index (χ4n) is 1.61. The molecule has 0 saturated heterocycles. The molecule has 2 aromatic rings. The first-order valence-electron chi connectivity index (χ1n) is 5.85. The van der Waals surface area contributed by atoms with Crippen LogP contribution in [0.25, 0.3) is 0 Å². The number of halogens is 2. The molecule has 0 radical (unpaired) electrons. The molecule has 1 aromatic heterocycles. The summed E-state index contributed by atoms with van der Waals surface area (Å²) in [6, 6.07) is 3.16. The van der Waals surface area contributed by atoms with Gasteiger partial charge in [0, 0.05) is 12.6 Å². The van der Waals surface area contributed by atoms with Crippen molar-refractivity contribution < 1.29 is 4.74 Å². The van der Waals surface area contributed by atoms with Gasteiger partial charge in [-0.1, -0.05) is 30.1 Å². The van der Waals surface area contributed by atoms with Crippen molar-refractivity contribution in [3.8, 4) is 5.75 Å². The first kappa shape index (κ1) is 14.0. The lowest BCUT2D eigenvalue weighted by atomic mass is 10.3. The third kappa shape index (κ3) is 3.30. The lowest BCUT2D eigenvalue weighted by molar-refractivity contribution is 0.287. The second kappa shape index (κ2) is 6.12. The normalized spacial score (nSPS) is 10.7. The van der Waals surface area contributed by atoms with E-state index in [1.54, 1.807) is 16.8 Å². The van der Waals surface area contributed by atoms with Crippen molar-refractivity contribution in [3.63, 3.8) is 0 Å². The van der Waals surface area contributed by atoms with Crippen LogP contribution >= 0.6 is 23.2 Å². The van der Waals surface area contributed by atoms with Gasteiger partial charge in [-0.25, -0.2) is 9.67 Å². The van der Waals surface area contributed by atoms with Crippen LogP contribution < -0.4 is 10.5 Å². The molecule has 0 saturated carbocycles. The predicted molar refractivity (Wildman–Crippen MR) is 75.5 cm³/mol. The summed E-state index contributed by atoms with van der Waals surface area (Å²) in [5.74, 6) is 1.23. The Kier molecular flexibility index (Phi) is 4.50. The SMILES string of the molecule is CCCn1ncnc1COc1cc(Cl)c(Cl)cc1N. The van der Waals surface area contributed by atoms with Crippen LogP contribution in [0, 0.1) is 0 Å². The molecular formula is C12H14Cl2N4O. The van der Waals surface area contributed by atoms with Gasteiger partial charge in [0.2, 0.25) is 0 Å². The van der Waals surface area contributed by atoms with E-state index in [9.17, 15) is 0 Å². The van der Waals surface area contributed by atoms with Crippen molar-refractivity contribution in [1.29, 1.82) is 0 Å². The van der Waals surface area contributed by atoms with Crippen LogP contribution in [0.4, 0.5) is 5.69 Å². The third-order valence-corrected chi connectivity index (χ3v) is 3.26. The summed E-state index contributed by atoms with van der Waals surface area (Å²) in [6.45, 7) is 3.15. The Balaban J connectivity index is 2.10. The van der Waals surface area contributed by atoms with Gasteiger partial charge in [0.1, 0.15) is 18.7 Å². The Morgan fingerprint density at radius 2 is 2.05 bits per heavy atom. The molecule has 0 fully saturated rings. The van der Waals surface area contributed by atoms with E-state index >= 15 is 0 Å². The van der Waals surface area contributed by atoms with Gasteiger partial charge in [-0.15, -0.1) is 0 Å². The average molecular weight is 301 g/mol. The Hall–Kier alpha value is -1.46. The highest BCUT2D eigenvalue weighted by Crippen LogP contribution is 2.32. The lowest BCUT2D eigenvalue weighted by Crippen LogP contribution is -2.09. The molecule has 7 heteroatoms. The number of aromatic nitrogens is 3. The second-order valence-corrected chi connectivity index (χ2v) is 4.81. The average Bonchev–Trinajstić information content (AvgIpc) is 2.80. The monoisotopic (exact) mass is 300 g/mol. The molecule has 1 aromatic carbocycles. The topological polar surface area (TPSA) is 66.0 Å². The Labute approximate surface area is 121 Å². The van der Waals surface area contributed by atoms with Crippen molar-refractivity contribution in [2.75, 3.05) is 5.73 Å². The third-order valence-electron chi connectivity index (χ3n) is 2.54. The number of nitrogens with zero attached hydrogens (tertiary/aromatic N) is 3. The van der Waals surface area contributed by atoms with Crippen molar-refractivity contribution in [2.45, 2.75) is 26.5 Å². The van der Waals surface area contributed by atoms with Gasteiger partial charge in [0.05, 0.1) is 15.7 Å². The first-order valence-corrected chi connectivity index (χ1v) is 6.61. The molecule has 5 nitrogen and oxygen atoms in total. The van der Waals surface area contributed by atoms with Crippen LogP contribution in [0.15, 0.2) is 18.5 Å². The minimum atomic E-state index is 0.280. The lowest BCUT2D eigenvalue weighted by Gasteiger charge is -2.10. The summed E-state index contributed by atoms with van der Waals surface area (Å²) in [6.07, 6.45) is 2.48. The molecule has 102 valence electrons. The number of hydrogen-bond donors (Lipinski definition) is 1. The molecule has 0 amide bonds. The Morgan fingerprint density at radius 1 is 1.32 bits per heavy atom. The zero-order valence-corrected chi connectivity index (χ0v) is 11.9. The van der Waals surface area contributed by atoms with Gasteiger partial charge in [-0.05, 0) is 12.5 Å². The number of nitrogen functional groups attached to an aromatic ring is 1. The summed E-state index contributed by atoms with van der Waals surface area (Å²) in [5.41, 5.74) is 6.26. The van der Waals surface area contributed by atoms with E-state index in [2.05, 4.69) is 17.0 Å². The molecule has 0 aliphatic heterocycles. The number of nitrogens with two attached hydrogens (primary N) is 1. The van der Waals surface area contributed by atoms with Crippen LogP contribution in [-0.2, 0) is 13.2 Å². The maximum atomic E-state index is 5.93. The molecule has 0 atom stereocenters. The number of hydrogen-bond acceptors (Lipinski definition) is 4. The Morgan fingerprint density at radius 3 is 2.79 bits per heavy atom. The van der Waals surface area contributed by atoms with Gasteiger partial charge in [-0.2, -0.15) is 5.10 Å². The van der Waals surface area contributed by atoms with E-state index in [-0.39, 0.29) is 6.61 Å². The molecule has 0 unspecified atom stereocenters. The summed E-state index contributed by atoms with van der Waals surface area (Å²) in [5, 5.41) is 4.93. The largest absolute Gasteiger partial charge is 0.483 e. The highest BCUT2D eigenvalue weighted by molar-refractivity contribution is 6.42. The molecular weight excluding hydrogens is 287 g/mol. The zero-order chi connectivity index (χ0) is 13.8. The molecule has 2 rings (SSSR count). The molecule has 0 aliphatic rings. The molecule has 1 heterocycles. The van der Waals surface area contributed by atoms with Gasteiger partial charge in [0.15, 0.2) is 5.82 Å². The molecule has 19 heavy (non-hydrogen) atoms. The summed E-state index contributed by atoms with van der Waals surface area (Å²) >= 11 is 11.8. The fourth-order valence-corrected chi connectivity index (χ4v) is 1.94. The zero-order valence-electron chi connectivity index (χ0n) is 10.4. The van der Waals surface area contributed by atoms with Crippen molar-refractivity contribution in [1.82, 2.24) is 14.8 Å². The first-order chi connectivity index (χ1) is 9.11. The van der Waals surface area contributed by atoms with Crippen molar-refractivity contribution in [3.05, 3.63) is 34.3 Å². The van der Waals surface area contributed by atoms with Crippen LogP contribution in [-0.4, -0.2) is 14.8 Å². The maximum absolute atomic E-state index is 5.93. The highest BCUT2D eigenvalue weighted by Gasteiger charge is 2.09. The summed E-state index contributed by atoms with van der Waals surface area (Å²) < 4.78 is 7.41. The number of benzene rings is 1. The molecule has 0 bridgehead atoms. The van der Waals surface area contributed by atoms with E-state index in [1.807, 2.05) is 0 Å². The van der Waals surface area contributed by atoms with E-state index in [0.717, 1.165) is 18.8 Å². The molecule has 2 N–H and O–H groups in total. The maximum Gasteiger partial charge on any atom is 0.164 e. The van der Waals surface area contributed by atoms with Gasteiger partial charge in [-0.3, -0.25) is 0 Å². The summed E-state index contributed by atoms with van der Waals surface area (Å²) in [7, 11) is 0. The second-order valence-electron chi connectivity index (χ2n) is 3.99. The number of anilines is 1. The van der Waals surface area contributed by atoms with Gasteiger partial charge in [0.25, 0.3) is 0 Å². The molecule has 0 aliphatic carbocycles. The number of aryl methyl sites for hydroxylation is 1.